The number of aryl methyl sites for hydroxylation is 2. The number of hydrogen-bond donors (Lipinski definition) is 3. The summed E-state index contributed by atoms with van der Waals surface area (Å²) in [7, 11) is 0.371. The molecule has 0 radical (unpaired) electrons. The smallest absolute Gasteiger partial charge is 0.495 e. The van der Waals surface area contributed by atoms with Crippen LogP contribution in [0.2, 0.25) is 0 Å². The van der Waals surface area contributed by atoms with E-state index in [9.17, 15) is 22.5 Å². The molecular formula is C33H39BBrF3N8O6P+. The summed E-state index contributed by atoms with van der Waals surface area (Å²) >= 11 is 3.17. The van der Waals surface area contributed by atoms with E-state index in [1.165, 1.54) is 26.3 Å². The minimum atomic E-state index is -4.80. The molecule has 3 aromatic heterocycles. The van der Waals surface area contributed by atoms with Gasteiger partial charge in [-0.15, -0.1) is 4.52 Å². The highest BCUT2D eigenvalue weighted by molar-refractivity contribution is 9.10. The summed E-state index contributed by atoms with van der Waals surface area (Å²) in [4.78, 5) is 24.4. The number of rotatable bonds is 15. The van der Waals surface area contributed by atoms with Gasteiger partial charge in [-0.3, -0.25) is 9.48 Å². The van der Waals surface area contributed by atoms with E-state index in [2.05, 4.69) is 51.9 Å². The molecule has 1 aliphatic heterocycles. The topological polar surface area (TPSA) is 164 Å². The third kappa shape index (κ3) is 9.89. The lowest BCUT2D eigenvalue weighted by Gasteiger charge is -2.32. The summed E-state index contributed by atoms with van der Waals surface area (Å²) in [6.45, 7) is 8.81. The van der Waals surface area contributed by atoms with E-state index in [0.717, 1.165) is 11.0 Å². The maximum Gasteiger partial charge on any atom is 0.508 e. The average molecular weight is 822 g/mol. The molecule has 0 aliphatic carbocycles. The second-order valence-corrected chi connectivity index (χ2v) is 15.1. The van der Waals surface area contributed by atoms with Crippen LogP contribution in [-0.2, 0) is 37.5 Å². The van der Waals surface area contributed by atoms with Crippen molar-refractivity contribution in [3.05, 3.63) is 70.3 Å². The van der Waals surface area contributed by atoms with Gasteiger partial charge in [-0.25, -0.2) is 9.97 Å². The number of amides is 1. The molecule has 14 nitrogen and oxygen atoms in total. The van der Waals surface area contributed by atoms with Crippen molar-refractivity contribution in [2.75, 3.05) is 37.6 Å². The lowest BCUT2D eigenvalue weighted by molar-refractivity contribution is -0.137. The number of halogens is 4. The number of nitrogens with one attached hydrogen (secondary N) is 3. The van der Waals surface area contributed by atoms with Crippen LogP contribution in [0.15, 0.2) is 53.5 Å². The van der Waals surface area contributed by atoms with Crippen molar-refractivity contribution in [3.8, 4) is 5.75 Å². The molecule has 4 aromatic rings. The molecule has 20 heteroatoms. The average Bonchev–Trinajstić information content (AvgIpc) is 3.66. The maximum atomic E-state index is 13.9. The van der Waals surface area contributed by atoms with Crippen molar-refractivity contribution in [1.82, 2.24) is 30.0 Å². The van der Waals surface area contributed by atoms with Crippen LogP contribution >= 0.6 is 24.0 Å². The Morgan fingerprint density at radius 1 is 1.06 bits per heavy atom. The summed E-state index contributed by atoms with van der Waals surface area (Å²) in [5, 5.41) is 12.3. The summed E-state index contributed by atoms with van der Waals surface area (Å²) in [5.41, 5.74) is -0.192. The monoisotopic (exact) mass is 821 g/mol. The van der Waals surface area contributed by atoms with Gasteiger partial charge in [-0.05, 0) is 84.4 Å². The number of benzene rings is 1. The van der Waals surface area contributed by atoms with Gasteiger partial charge in [0.2, 0.25) is 5.95 Å². The number of aromatic nitrogens is 5. The van der Waals surface area contributed by atoms with Crippen molar-refractivity contribution < 1.29 is 41.1 Å². The molecule has 1 fully saturated rings. The van der Waals surface area contributed by atoms with Gasteiger partial charge < -0.3 is 30.0 Å². The fourth-order valence-corrected chi connectivity index (χ4v) is 6.31. The van der Waals surface area contributed by atoms with Crippen LogP contribution in [0, 0.1) is 0 Å². The predicted octanol–water partition coefficient (Wildman–Crippen LogP) is 6.40. The lowest BCUT2D eigenvalue weighted by Crippen LogP contribution is -2.41. The molecule has 1 aliphatic rings. The van der Waals surface area contributed by atoms with Gasteiger partial charge in [-0.1, -0.05) is 6.07 Å². The number of pyridine rings is 1. The molecule has 0 saturated carbocycles. The Bertz CT molecular complexity index is 1950. The summed E-state index contributed by atoms with van der Waals surface area (Å²) in [6.07, 6.45) is 0.701. The SMILES string of the molecule is CNC(=O)c1nc(Br)ccc1Nc1nc(Nc2ccc(CC[P+](=O)OCCCn3cc(B4OC(C)(C)C(C)(C)O4)cn3)cc2OC)ncc1C(F)(F)F. The Labute approximate surface area is 314 Å². The first-order chi connectivity index (χ1) is 25.0. The van der Waals surface area contributed by atoms with Crippen LogP contribution in [0.25, 0.3) is 0 Å². The number of anilines is 4. The molecule has 0 spiro atoms. The Kier molecular flexibility index (Phi) is 12.4. The van der Waals surface area contributed by atoms with Crippen LogP contribution in [-0.4, -0.2) is 75.9 Å². The van der Waals surface area contributed by atoms with Crippen LogP contribution < -0.4 is 26.2 Å². The third-order valence-corrected chi connectivity index (χ3v) is 10.2. The molecule has 1 unspecified atom stereocenters. The second-order valence-electron chi connectivity index (χ2n) is 13.0. The van der Waals surface area contributed by atoms with Crippen LogP contribution in [0.1, 0.15) is 55.7 Å². The zero-order valence-corrected chi connectivity index (χ0v) is 32.4. The minimum absolute atomic E-state index is 0.00223. The first-order valence-electron chi connectivity index (χ1n) is 16.5. The Morgan fingerprint density at radius 2 is 1.77 bits per heavy atom. The standard InChI is InChI=1S/C33H38BBrF3N8O6P/c1-31(2)32(3,4)52-34(51-31)21-17-41-46(19-21)13-7-14-50-53(48)15-12-20-8-9-23(25(16-20)49-6)43-30-40-18-22(33(36,37)38)28(45-30)42-24-10-11-26(35)44-27(24)29(47)39-5/h8-11,16-19H,7,12-15H2,1-6H3,(H2-,39,40,42,43,45,47)/p+1. The lowest BCUT2D eigenvalue weighted by atomic mass is 9.82. The van der Waals surface area contributed by atoms with E-state index in [1.54, 1.807) is 29.1 Å². The number of methoxy groups -OCH3 is 1. The molecule has 3 N–H and O–H groups in total. The normalized spacial score (nSPS) is 15.3. The van der Waals surface area contributed by atoms with Gasteiger partial charge in [0.15, 0.2) is 11.9 Å². The van der Waals surface area contributed by atoms with Crippen molar-refractivity contribution in [3.63, 3.8) is 0 Å². The van der Waals surface area contributed by atoms with Gasteiger partial charge in [0.1, 0.15) is 28.3 Å². The van der Waals surface area contributed by atoms with Crippen LogP contribution in [0.5, 0.6) is 5.75 Å². The highest BCUT2D eigenvalue weighted by Crippen LogP contribution is 2.38. The molecule has 5 rings (SSSR count). The number of hydrogen-bond acceptors (Lipinski definition) is 12. The minimum Gasteiger partial charge on any atom is -0.495 e. The number of carbonyl (C=O) groups excluding carboxylic acids is 1. The molecule has 1 aromatic carbocycles. The van der Waals surface area contributed by atoms with Gasteiger partial charge in [-0.2, -0.15) is 23.3 Å². The number of alkyl halides is 3. The Hall–Kier alpha value is -4.16. The zero-order valence-electron chi connectivity index (χ0n) is 29.9. The summed E-state index contributed by atoms with van der Waals surface area (Å²) in [6, 6.07) is 8.00. The van der Waals surface area contributed by atoms with E-state index in [4.69, 9.17) is 18.6 Å². The highest BCUT2D eigenvalue weighted by Gasteiger charge is 2.52. The molecule has 1 amide bonds. The van der Waals surface area contributed by atoms with Gasteiger partial charge in [0, 0.05) is 44.1 Å². The maximum absolute atomic E-state index is 13.9. The second kappa shape index (κ2) is 16.5. The van der Waals surface area contributed by atoms with E-state index in [-0.39, 0.29) is 30.1 Å². The Morgan fingerprint density at radius 3 is 2.45 bits per heavy atom. The quantitative estimate of drug-likeness (QED) is 0.0525. The molecule has 1 atom stereocenters. The molecule has 1 saturated heterocycles. The van der Waals surface area contributed by atoms with E-state index in [0.29, 0.717) is 41.6 Å². The fourth-order valence-electron chi connectivity index (χ4n) is 5.10. The molecular weight excluding hydrogens is 783 g/mol. The molecule has 53 heavy (non-hydrogen) atoms. The number of nitrogens with zero attached hydrogens (tertiary/aromatic N) is 5. The highest BCUT2D eigenvalue weighted by atomic mass is 79.9. The number of carbonyl (C=O) groups is 1. The van der Waals surface area contributed by atoms with Crippen molar-refractivity contribution >= 4 is 65.6 Å². The van der Waals surface area contributed by atoms with Crippen LogP contribution in [0.3, 0.4) is 0 Å². The van der Waals surface area contributed by atoms with Gasteiger partial charge >= 0.3 is 21.3 Å². The molecule has 282 valence electrons. The van der Waals surface area contributed by atoms with E-state index >= 15 is 0 Å². The van der Waals surface area contributed by atoms with E-state index in [1.807, 2.05) is 33.9 Å². The molecule has 0 bridgehead atoms. The van der Waals surface area contributed by atoms with Crippen molar-refractivity contribution in [2.24, 2.45) is 0 Å². The Balaban J connectivity index is 1.16. The predicted molar refractivity (Wildman–Crippen MR) is 197 cm³/mol. The third-order valence-electron chi connectivity index (χ3n) is 8.69. The van der Waals surface area contributed by atoms with Crippen LogP contribution in [0.4, 0.5) is 36.3 Å². The summed E-state index contributed by atoms with van der Waals surface area (Å²) in [5.74, 6) is -1.03. The number of ether oxygens (including phenoxy) is 1. The zero-order chi connectivity index (χ0) is 38.6. The van der Waals surface area contributed by atoms with Crippen molar-refractivity contribution in [1.29, 1.82) is 0 Å². The first kappa shape index (κ1) is 40.0. The van der Waals surface area contributed by atoms with E-state index < -0.39 is 49.8 Å². The van der Waals surface area contributed by atoms with Crippen molar-refractivity contribution in [2.45, 2.75) is 64.5 Å². The fraction of sp³-hybridized carbons (Fsp3) is 0.424. The molecule has 4 heterocycles. The van der Waals surface area contributed by atoms with Gasteiger partial charge in [0.25, 0.3) is 5.91 Å². The largest absolute Gasteiger partial charge is 0.508 e. The first-order valence-corrected chi connectivity index (χ1v) is 18.6. The van der Waals surface area contributed by atoms with Gasteiger partial charge in [0.05, 0.1) is 29.7 Å². The summed E-state index contributed by atoms with van der Waals surface area (Å²) < 4.78 is 79.8.